The fraction of sp³-hybridized carbons (Fsp3) is 0.0769. The van der Waals surface area contributed by atoms with Gasteiger partial charge in [-0.05, 0) is 12.1 Å². The minimum Gasteiger partial charge on any atom is -0.310 e. The van der Waals surface area contributed by atoms with Crippen LogP contribution in [-0.2, 0) is 6.54 Å². The Morgan fingerprint density at radius 3 is 2.65 bits per heavy atom. The molecule has 0 aliphatic carbocycles. The zero-order chi connectivity index (χ0) is 12.3. The highest BCUT2D eigenvalue weighted by Crippen LogP contribution is 2.07. The fourth-order valence-corrected chi connectivity index (χ4v) is 1.55. The molecule has 4 heteroatoms. The van der Waals surface area contributed by atoms with Gasteiger partial charge in [0.15, 0.2) is 6.29 Å². The van der Waals surface area contributed by atoms with Crippen LogP contribution in [-0.4, -0.2) is 10.9 Å². The molecule has 0 bridgehead atoms. The van der Waals surface area contributed by atoms with E-state index in [0.29, 0.717) is 17.4 Å². The second-order valence-corrected chi connectivity index (χ2v) is 3.64. The van der Waals surface area contributed by atoms with Crippen LogP contribution in [0.3, 0.4) is 0 Å². The number of carbonyl (C=O) groups excluding carboxylic acids is 1. The van der Waals surface area contributed by atoms with Crippen LogP contribution in [0.1, 0.15) is 15.9 Å². The summed E-state index contributed by atoms with van der Waals surface area (Å²) in [6, 6.07) is 8.97. The van der Waals surface area contributed by atoms with Crippen LogP contribution >= 0.6 is 0 Å². The average Bonchev–Trinajstić information content (AvgIpc) is 2.35. The van der Waals surface area contributed by atoms with Gasteiger partial charge in [0.05, 0.1) is 6.54 Å². The zero-order valence-electron chi connectivity index (χ0n) is 8.97. The number of halogens is 1. The van der Waals surface area contributed by atoms with Crippen molar-refractivity contribution in [2.75, 3.05) is 0 Å². The van der Waals surface area contributed by atoms with Crippen molar-refractivity contribution in [1.29, 1.82) is 0 Å². The molecule has 0 amide bonds. The highest BCUT2D eigenvalue weighted by atomic mass is 19.1. The topological polar surface area (TPSA) is 39.1 Å². The second-order valence-electron chi connectivity index (χ2n) is 3.64. The summed E-state index contributed by atoms with van der Waals surface area (Å²) in [4.78, 5) is 22.1. The van der Waals surface area contributed by atoms with Gasteiger partial charge >= 0.3 is 0 Å². The Morgan fingerprint density at radius 2 is 1.94 bits per heavy atom. The van der Waals surface area contributed by atoms with Crippen molar-refractivity contribution < 1.29 is 9.18 Å². The predicted octanol–water partition coefficient (Wildman–Crippen LogP) is 1.85. The Hall–Kier alpha value is -2.23. The third kappa shape index (κ3) is 2.47. The summed E-state index contributed by atoms with van der Waals surface area (Å²) >= 11 is 0. The lowest BCUT2D eigenvalue weighted by molar-refractivity contribution is 0.112. The maximum atomic E-state index is 13.4. The van der Waals surface area contributed by atoms with Gasteiger partial charge in [0.1, 0.15) is 5.82 Å². The summed E-state index contributed by atoms with van der Waals surface area (Å²) in [5.74, 6) is -0.365. The number of carbonyl (C=O) groups is 1. The number of pyridine rings is 1. The number of hydrogen-bond acceptors (Lipinski definition) is 2. The van der Waals surface area contributed by atoms with Gasteiger partial charge in [-0.1, -0.05) is 18.2 Å². The van der Waals surface area contributed by atoms with Gasteiger partial charge < -0.3 is 4.57 Å². The van der Waals surface area contributed by atoms with Gasteiger partial charge in [0.25, 0.3) is 5.56 Å². The van der Waals surface area contributed by atoms with Crippen molar-refractivity contribution >= 4 is 6.29 Å². The van der Waals surface area contributed by atoms with E-state index in [4.69, 9.17) is 0 Å². The van der Waals surface area contributed by atoms with Gasteiger partial charge in [-0.15, -0.1) is 0 Å². The molecule has 86 valence electrons. The van der Waals surface area contributed by atoms with Crippen molar-refractivity contribution in [3.8, 4) is 0 Å². The van der Waals surface area contributed by atoms with Crippen LogP contribution in [0.5, 0.6) is 0 Å². The van der Waals surface area contributed by atoms with E-state index in [1.165, 1.54) is 29.0 Å². The molecule has 1 aromatic carbocycles. The molecule has 0 atom stereocenters. The Morgan fingerprint density at radius 1 is 1.18 bits per heavy atom. The van der Waals surface area contributed by atoms with Crippen LogP contribution < -0.4 is 5.56 Å². The molecule has 3 nitrogen and oxygen atoms in total. The Bertz CT molecular complexity index is 604. The molecule has 2 rings (SSSR count). The molecular weight excluding hydrogens is 221 g/mol. The quantitative estimate of drug-likeness (QED) is 0.756. The predicted molar refractivity (Wildman–Crippen MR) is 61.6 cm³/mol. The highest BCUT2D eigenvalue weighted by molar-refractivity contribution is 5.73. The lowest BCUT2D eigenvalue weighted by Gasteiger charge is -2.06. The summed E-state index contributed by atoms with van der Waals surface area (Å²) in [7, 11) is 0. The lowest BCUT2D eigenvalue weighted by atomic mass is 10.2. The Balaban J connectivity index is 2.39. The first-order valence-electron chi connectivity index (χ1n) is 5.10. The van der Waals surface area contributed by atoms with E-state index in [1.807, 2.05) is 0 Å². The zero-order valence-corrected chi connectivity index (χ0v) is 8.97. The number of nitrogens with zero attached hydrogens (tertiary/aromatic N) is 1. The van der Waals surface area contributed by atoms with Gasteiger partial charge in [-0.3, -0.25) is 9.59 Å². The summed E-state index contributed by atoms with van der Waals surface area (Å²) in [6.45, 7) is 0.118. The average molecular weight is 231 g/mol. The standard InChI is InChI=1S/C13H10FNO2/c14-12-4-2-1-3-11(12)8-15-7-10(9-16)5-6-13(15)17/h1-7,9H,8H2. The molecule has 0 unspecified atom stereocenters. The van der Waals surface area contributed by atoms with Crippen molar-refractivity contribution in [1.82, 2.24) is 4.57 Å². The normalized spacial score (nSPS) is 10.2. The van der Waals surface area contributed by atoms with E-state index in [0.717, 1.165) is 0 Å². The Kier molecular flexibility index (Phi) is 3.14. The lowest BCUT2D eigenvalue weighted by Crippen LogP contribution is -2.20. The number of aromatic nitrogens is 1. The second kappa shape index (κ2) is 4.74. The summed E-state index contributed by atoms with van der Waals surface area (Å²) in [6.07, 6.45) is 2.07. The van der Waals surface area contributed by atoms with Crippen LogP contribution in [0.25, 0.3) is 0 Å². The maximum Gasteiger partial charge on any atom is 0.250 e. The number of rotatable bonds is 3. The first-order valence-corrected chi connectivity index (χ1v) is 5.10. The SMILES string of the molecule is O=Cc1ccc(=O)n(Cc2ccccc2F)c1. The Labute approximate surface area is 97.1 Å². The van der Waals surface area contributed by atoms with Crippen molar-refractivity contribution in [2.24, 2.45) is 0 Å². The molecule has 17 heavy (non-hydrogen) atoms. The smallest absolute Gasteiger partial charge is 0.250 e. The van der Waals surface area contributed by atoms with E-state index in [-0.39, 0.29) is 17.9 Å². The molecule has 0 aliphatic heterocycles. The van der Waals surface area contributed by atoms with Gasteiger partial charge in [-0.2, -0.15) is 0 Å². The molecular formula is C13H10FNO2. The molecule has 0 radical (unpaired) electrons. The van der Waals surface area contributed by atoms with Crippen LogP contribution in [0.2, 0.25) is 0 Å². The molecule has 0 saturated heterocycles. The first kappa shape index (κ1) is 11.3. The van der Waals surface area contributed by atoms with Crippen molar-refractivity contribution in [3.05, 3.63) is 69.9 Å². The monoisotopic (exact) mass is 231 g/mol. The van der Waals surface area contributed by atoms with Crippen molar-refractivity contribution in [2.45, 2.75) is 6.54 Å². The molecule has 0 N–H and O–H groups in total. The van der Waals surface area contributed by atoms with E-state index in [2.05, 4.69) is 0 Å². The summed E-state index contributed by atoms with van der Waals surface area (Å²) in [5.41, 5.74) is 0.539. The number of aldehydes is 1. The third-order valence-corrected chi connectivity index (χ3v) is 2.44. The van der Waals surface area contributed by atoms with Crippen LogP contribution in [0.4, 0.5) is 4.39 Å². The van der Waals surface area contributed by atoms with Crippen LogP contribution in [0, 0.1) is 5.82 Å². The molecule has 2 aromatic rings. The van der Waals surface area contributed by atoms with E-state index < -0.39 is 0 Å². The molecule has 0 spiro atoms. The molecule has 0 aliphatic rings. The molecule has 0 fully saturated rings. The van der Waals surface area contributed by atoms with Crippen molar-refractivity contribution in [3.63, 3.8) is 0 Å². The minimum atomic E-state index is -0.365. The molecule has 1 heterocycles. The number of hydrogen-bond donors (Lipinski definition) is 0. The summed E-state index contributed by atoms with van der Waals surface area (Å²) in [5, 5.41) is 0. The maximum absolute atomic E-state index is 13.4. The van der Waals surface area contributed by atoms with Crippen LogP contribution in [0.15, 0.2) is 47.4 Å². The third-order valence-electron chi connectivity index (χ3n) is 2.44. The van der Waals surface area contributed by atoms with E-state index in [9.17, 15) is 14.0 Å². The fourth-order valence-electron chi connectivity index (χ4n) is 1.55. The van der Waals surface area contributed by atoms with Gasteiger partial charge in [0.2, 0.25) is 0 Å². The van der Waals surface area contributed by atoms with E-state index in [1.54, 1.807) is 18.2 Å². The summed E-state index contributed by atoms with van der Waals surface area (Å²) < 4.78 is 14.7. The first-order chi connectivity index (χ1) is 8.20. The number of benzene rings is 1. The van der Waals surface area contributed by atoms with E-state index >= 15 is 0 Å². The van der Waals surface area contributed by atoms with Gasteiger partial charge in [-0.25, -0.2) is 4.39 Å². The highest BCUT2D eigenvalue weighted by Gasteiger charge is 2.03. The largest absolute Gasteiger partial charge is 0.310 e. The van der Waals surface area contributed by atoms with Gasteiger partial charge in [0, 0.05) is 23.4 Å². The minimum absolute atomic E-state index is 0.118. The molecule has 1 aromatic heterocycles. The molecule has 0 saturated carbocycles.